The lowest BCUT2D eigenvalue weighted by molar-refractivity contribution is -0.870. The molecule has 12 heteroatoms. The Morgan fingerprint density at radius 2 is 2.00 bits per heavy atom. The van der Waals surface area contributed by atoms with Crippen LogP contribution in [0.15, 0.2) is 10.8 Å². The smallest absolute Gasteiger partial charge is 0.472 e. The molecule has 1 aliphatic rings. The van der Waals surface area contributed by atoms with Crippen molar-refractivity contribution in [3.8, 4) is 11.5 Å². The fourth-order valence-electron chi connectivity index (χ4n) is 2.29. The van der Waals surface area contributed by atoms with Crippen molar-refractivity contribution in [1.82, 2.24) is 0 Å². The number of phosphoric acid groups is 1. The number of hydrogen-bond donors (Lipinski definition) is 1. The fraction of sp³-hybridized carbons (Fsp3) is 0.722. The summed E-state index contributed by atoms with van der Waals surface area (Å²) < 4.78 is 38.7. The molecule has 0 saturated heterocycles. The van der Waals surface area contributed by atoms with E-state index in [2.05, 4.69) is 0 Å². The third kappa shape index (κ3) is 9.55. The van der Waals surface area contributed by atoms with Gasteiger partial charge in [-0.1, -0.05) is 6.92 Å². The van der Waals surface area contributed by atoms with Gasteiger partial charge in [0.1, 0.15) is 32.5 Å². The van der Waals surface area contributed by atoms with Crippen LogP contribution in [0, 0.1) is 5.92 Å². The number of thioether (sulfide) groups is 1. The zero-order valence-electron chi connectivity index (χ0n) is 17.8. The molecule has 2 rings (SSSR count). The average Bonchev–Trinajstić information content (AvgIpc) is 3.11. The molecule has 0 spiro atoms. The van der Waals surface area contributed by atoms with Crippen molar-refractivity contribution in [2.24, 2.45) is 5.92 Å². The van der Waals surface area contributed by atoms with E-state index in [0.717, 1.165) is 11.5 Å². The number of carbonyl (C=O) groups is 1. The minimum atomic E-state index is -4.14. The maximum atomic E-state index is 12.1. The molecule has 0 bridgehead atoms. The van der Waals surface area contributed by atoms with Crippen LogP contribution in [-0.4, -0.2) is 87.1 Å². The number of esters is 1. The first-order valence-electron chi connectivity index (χ1n) is 9.58. The van der Waals surface area contributed by atoms with Gasteiger partial charge in [-0.2, -0.15) is 11.8 Å². The number of fused-ring (bicyclic) bond motifs is 1. The number of likely N-dealkylation sites (N-methyl/N-ethyl adjacent to an activating group) is 1. The molecule has 0 saturated carbocycles. The molecule has 3 atom stereocenters. The van der Waals surface area contributed by atoms with Crippen molar-refractivity contribution in [3.05, 3.63) is 10.8 Å². The summed E-state index contributed by atoms with van der Waals surface area (Å²) in [4.78, 5) is 21.7. The molecule has 0 amide bonds. The van der Waals surface area contributed by atoms with Crippen LogP contribution in [0.5, 0.6) is 11.5 Å². The van der Waals surface area contributed by atoms with Gasteiger partial charge in [0.25, 0.3) is 0 Å². The Labute approximate surface area is 185 Å². The second-order valence-electron chi connectivity index (χ2n) is 7.91. The van der Waals surface area contributed by atoms with E-state index in [-0.39, 0.29) is 37.8 Å². The summed E-state index contributed by atoms with van der Waals surface area (Å²) in [5.74, 6) is 2.12. The minimum Gasteiger partial charge on any atom is -0.485 e. The molecular formula is C18H31NO8PS2+. The molecule has 0 radical (unpaired) electrons. The van der Waals surface area contributed by atoms with Crippen LogP contribution in [0.3, 0.4) is 0 Å². The number of hydrogen-bond acceptors (Lipinski definition) is 9. The van der Waals surface area contributed by atoms with Crippen LogP contribution in [0.1, 0.15) is 6.92 Å². The summed E-state index contributed by atoms with van der Waals surface area (Å²) in [5.41, 5.74) is 0. The van der Waals surface area contributed by atoms with Gasteiger partial charge in [0.05, 0.1) is 33.7 Å². The molecule has 1 aromatic heterocycles. The van der Waals surface area contributed by atoms with E-state index >= 15 is 0 Å². The maximum absolute atomic E-state index is 12.1. The summed E-state index contributed by atoms with van der Waals surface area (Å²) in [6, 6.07) is 0. The number of thiophene rings is 1. The van der Waals surface area contributed by atoms with Gasteiger partial charge in [-0.25, -0.2) is 4.57 Å². The van der Waals surface area contributed by atoms with Crippen molar-refractivity contribution < 1.29 is 42.0 Å². The van der Waals surface area contributed by atoms with Gasteiger partial charge in [-0.3, -0.25) is 13.8 Å². The van der Waals surface area contributed by atoms with E-state index in [1.54, 1.807) is 18.7 Å². The minimum absolute atomic E-state index is 0.0514. The first-order valence-corrected chi connectivity index (χ1v) is 13.2. The van der Waals surface area contributed by atoms with Crippen LogP contribution in [0.4, 0.5) is 0 Å². The Morgan fingerprint density at radius 1 is 1.30 bits per heavy atom. The van der Waals surface area contributed by atoms with Crippen LogP contribution < -0.4 is 9.47 Å². The summed E-state index contributed by atoms with van der Waals surface area (Å²) in [7, 11) is 1.69. The monoisotopic (exact) mass is 484 g/mol. The number of ether oxygens (including phenoxy) is 3. The lowest BCUT2D eigenvalue weighted by Crippen LogP contribution is -2.37. The van der Waals surface area contributed by atoms with Gasteiger partial charge in [0.2, 0.25) is 0 Å². The van der Waals surface area contributed by atoms with E-state index in [1.165, 1.54) is 11.3 Å². The van der Waals surface area contributed by atoms with E-state index in [9.17, 15) is 14.3 Å². The second kappa shape index (κ2) is 11.7. The van der Waals surface area contributed by atoms with Gasteiger partial charge in [-0.15, -0.1) is 11.3 Å². The normalized spacial score (nSPS) is 19.2. The van der Waals surface area contributed by atoms with Crippen molar-refractivity contribution in [3.63, 3.8) is 0 Å². The largest absolute Gasteiger partial charge is 0.485 e. The molecule has 1 N–H and O–H groups in total. The maximum Gasteiger partial charge on any atom is 0.472 e. The molecule has 0 fully saturated rings. The van der Waals surface area contributed by atoms with Crippen LogP contribution in [0.2, 0.25) is 0 Å². The summed E-state index contributed by atoms with van der Waals surface area (Å²) in [6.45, 7) is 2.60. The molecule has 0 aliphatic carbocycles. The highest BCUT2D eigenvalue weighted by Crippen LogP contribution is 2.42. The third-order valence-corrected chi connectivity index (χ3v) is 7.05. The quantitative estimate of drug-likeness (QED) is 0.196. The lowest BCUT2D eigenvalue weighted by Gasteiger charge is -2.24. The van der Waals surface area contributed by atoms with Crippen LogP contribution >= 0.6 is 30.9 Å². The predicted molar refractivity (Wildman–Crippen MR) is 116 cm³/mol. The van der Waals surface area contributed by atoms with Crippen molar-refractivity contribution in [2.75, 3.05) is 65.6 Å². The summed E-state index contributed by atoms with van der Waals surface area (Å²) >= 11 is 3.12. The van der Waals surface area contributed by atoms with Gasteiger partial charge in [0.15, 0.2) is 11.5 Å². The van der Waals surface area contributed by atoms with Crippen molar-refractivity contribution >= 4 is 36.9 Å². The van der Waals surface area contributed by atoms with Gasteiger partial charge in [-0.05, 0) is 0 Å². The Morgan fingerprint density at radius 3 is 2.73 bits per heavy atom. The van der Waals surface area contributed by atoms with Crippen LogP contribution in [-0.2, 0) is 23.1 Å². The van der Waals surface area contributed by atoms with Gasteiger partial charge in [0, 0.05) is 22.3 Å². The second-order valence-corrected chi connectivity index (χ2v) is 11.2. The van der Waals surface area contributed by atoms with Crippen LogP contribution in [0.25, 0.3) is 0 Å². The Balaban J connectivity index is 1.54. The molecular weight excluding hydrogens is 453 g/mol. The first-order chi connectivity index (χ1) is 14.1. The fourth-order valence-corrected chi connectivity index (χ4v) is 4.71. The highest BCUT2D eigenvalue weighted by molar-refractivity contribution is 7.99. The number of quaternary nitrogens is 1. The van der Waals surface area contributed by atoms with Gasteiger partial charge >= 0.3 is 13.8 Å². The predicted octanol–water partition coefficient (Wildman–Crippen LogP) is 2.64. The molecule has 0 aromatic carbocycles. The van der Waals surface area contributed by atoms with E-state index in [1.807, 2.05) is 31.9 Å². The topological polar surface area (TPSA) is 101 Å². The highest BCUT2D eigenvalue weighted by atomic mass is 32.2. The molecule has 3 unspecified atom stereocenters. The number of phosphoric ester groups is 1. The Kier molecular flexibility index (Phi) is 9.93. The lowest BCUT2D eigenvalue weighted by atomic mass is 10.2. The Hall–Kier alpha value is -0.810. The van der Waals surface area contributed by atoms with Gasteiger partial charge < -0.3 is 23.6 Å². The molecule has 2 heterocycles. The van der Waals surface area contributed by atoms with Crippen molar-refractivity contribution in [1.29, 1.82) is 0 Å². The summed E-state index contributed by atoms with van der Waals surface area (Å²) in [6.07, 6.45) is -0.0514. The van der Waals surface area contributed by atoms with Crippen molar-refractivity contribution in [2.45, 2.75) is 13.0 Å². The average molecular weight is 485 g/mol. The summed E-state index contributed by atoms with van der Waals surface area (Å²) in [5, 5.41) is 3.82. The Bertz CT molecular complexity index is 723. The first kappa shape index (κ1) is 25.5. The SMILES string of the molecule is CC(CSCC1COc2cscc2O1)C(=O)OCCOP(=O)(O)OCC[N+](C)(C)C. The zero-order chi connectivity index (χ0) is 22.2. The van der Waals surface area contributed by atoms with E-state index in [4.69, 9.17) is 23.3 Å². The molecule has 1 aliphatic heterocycles. The molecule has 1 aromatic rings. The third-order valence-electron chi connectivity index (χ3n) is 3.98. The number of nitrogens with zero attached hydrogens (tertiary/aromatic N) is 1. The number of carbonyl (C=O) groups excluding carboxylic acids is 1. The number of rotatable bonds is 13. The standard InChI is InChI=1S/C18H30NO8PS2/c1-14(10-29-11-15-9-24-16-12-30-13-17(16)27-15)18(20)23-7-8-26-28(21,22)25-6-5-19(2,3)4/h12-15H,5-11H2,1-4H3/p+1. The van der Waals surface area contributed by atoms with E-state index in [0.29, 0.717) is 29.1 Å². The molecule has 9 nitrogen and oxygen atoms in total. The van der Waals surface area contributed by atoms with E-state index < -0.39 is 7.82 Å². The molecule has 30 heavy (non-hydrogen) atoms. The highest BCUT2D eigenvalue weighted by Gasteiger charge is 2.24. The zero-order valence-corrected chi connectivity index (χ0v) is 20.3. The molecule has 172 valence electrons.